The lowest BCUT2D eigenvalue weighted by Gasteiger charge is -2.10. The number of amides is 1. The highest BCUT2D eigenvalue weighted by atomic mass is 35.5. The number of carbonyl (C=O) groups excluding carboxylic acids is 1. The van der Waals surface area contributed by atoms with E-state index in [0.717, 1.165) is 18.7 Å². The summed E-state index contributed by atoms with van der Waals surface area (Å²) in [6.45, 7) is 3.73. The molecule has 0 bridgehead atoms. The standard InChI is InChI=1S/C31H41ClN2O2S/c1-2-3-4-5-6-7-8-9-10-11-12-13-21-36-30-19-16-27(23-29(30)32)31(35)33-28-17-14-26(15-18-28)24-34-20-22-37-25-34/h14-20,22-23,25H,2-13,21,24H2,1H3/p+1. The summed E-state index contributed by atoms with van der Waals surface area (Å²) in [5.74, 6) is 0.450. The van der Waals surface area contributed by atoms with Gasteiger partial charge in [0.2, 0.25) is 5.51 Å². The number of hydrogen-bond acceptors (Lipinski definition) is 3. The van der Waals surface area contributed by atoms with E-state index in [9.17, 15) is 4.79 Å². The SMILES string of the molecule is CCCCCCCCCCCCCCOc1ccc(C(=O)Nc2ccc(C[n+]3ccsc3)cc2)cc1Cl. The van der Waals surface area contributed by atoms with E-state index in [2.05, 4.69) is 33.9 Å². The molecule has 0 aliphatic rings. The highest BCUT2D eigenvalue weighted by Gasteiger charge is 2.11. The number of rotatable bonds is 18. The lowest BCUT2D eigenvalue weighted by Crippen LogP contribution is -2.30. The topological polar surface area (TPSA) is 42.2 Å². The van der Waals surface area contributed by atoms with Gasteiger partial charge in [0.25, 0.3) is 5.91 Å². The zero-order valence-electron chi connectivity index (χ0n) is 22.2. The molecule has 0 spiro atoms. The number of ether oxygens (including phenoxy) is 1. The fourth-order valence-electron chi connectivity index (χ4n) is 4.34. The van der Waals surface area contributed by atoms with Crippen LogP contribution in [-0.4, -0.2) is 12.5 Å². The van der Waals surface area contributed by atoms with Gasteiger partial charge < -0.3 is 10.1 Å². The molecule has 6 heteroatoms. The summed E-state index contributed by atoms with van der Waals surface area (Å²) < 4.78 is 8.00. The molecule has 4 nitrogen and oxygen atoms in total. The van der Waals surface area contributed by atoms with Gasteiger partial charge in [0.15, 0.2) is 12.7 Å². The summed E-state index contributed by atoms with van der Waals surface area (Å²) >= 11 is 8.08. The van der Waals surface area contributed by atoms with Crippen LogP contribution in [0.2, 0.25) is 5.02 Å². The molecular formula is C31H42ClN2O2S+. The summed E-state index contributed by atoms with van der Waals surface area (Å²) in [6.07, 6.45) is 17.9. The van der Waals surface area contributed by atoms with E-state index in [1.54, 1.807) is 29.5 Å². The average molecular weight is 542 g/mol. The molecule has 0 radical (unpaired) electrons. The number of nitrogens with zero attached hydrogens (tertiary/aromatic N) is 1. The van der Waals surface area contributed by atoms with Crippen LogP contribution < -0.4 is 14.6 Å². The van der Waals surface area contributed by atoms with E-state index in [4.69, 9.17) is 16.3 Å². The summed E-state index contributed by atoms with van der Waals surface area (Å²) in [7, 11) is 0. The van der Waals surface area contributed by atoms with Gasteiger partial charge in [-0.15, -0.1) is 0 Å². The molecule has 0 aliphatic carbocycles. The van der Waals surface area contributed by atoms with Crippen LogP contribution in [0.3, 0.4) is 0 Å². The quantitative estimate of drug-likeness (QED) is 0.129. The van der Waals surface area contributed by atoms with Gasteiger partial charge in [-0.3, -0.25) is 4.79 Å². The Hall–Kier alpha value is -2.37. The maximum Gasteiger partial charge on any atom is 0.255 e. The average Bonchev–Trinajstić information content (AvgIpc) is 3.42. The molecule has 0 atom stereocenters. The van der Waals surface area contributed by atoms with E-state index < -0.39 is 0 Å². The van der Waals surface area contributed by atoms with Crippen LogP contribution in [0.5, 0.6) is 5.75 Å². The summed E-state index contributed by atoms with van der Waals surface area (Å²) in [6, 6.07) is 13.1. The summed E-state index contributed by atoms with van der Waals surface area (Å²) in [4.78, 5) is 12.7. The third-order valence-electron chi connectivity index (χ3n) is 6.55. The number of thiazole rings is 1. The number of halogens is 1. The third-order valence-corrected chi connectivity index (χ3v) is 7.52. The molecule has 0 unspecified atom stereocenters. The number of benzene rings is 2. The predicted molar refractivity (Wildman–Crippen MR) is 156 cm³/mol. The second-order valence-corrected chi connectivity index (χ2v) is 10.9. The minimum absolute atomic E-state index is 0.186. The van der Waals surface area contributed by atoms with E-state index in [0.29, 0.717) is 22.9 Å². The fraction of sp³-hybridized carbons (Fsp3) is 0.484. The van der Waals surface area contributed by atoms with Crippen LogP contribution in [-0.2, 0) is 6.54 Å². The first-order chi connectivity index (χ1) is 18.2. The Bertz CT molecular complexity index is 1040. The van der Waals surface area contributed by atoms with E-state index in [-0.39, 0.29) is 5.91 Å². The molecule has 0 saturated heterocycles. The van der Waals surface area contributed by atoms with Gasteiger partial charge in [0, 0.05) is 16.8 Å². The zero-order chi connectivity index (χ0) is 26.1. The molecule has 1 amide bonds. The van der Waals surface area contributed by atoms with Gasteiger partial charge in [0.1, 0.15) is 5.75 Å². The monoisotopic (exact) mass is 541 g/mol. The molecule has 2 aromatic carbocycles. The molecule has 0 aliphatic heterocycles. The normalized spacial score (nSPS) is 11.0. The number of hydrogen-bond donors (Lipinski definition) is 1. The molecule has 3 rings (SSSR count). The number of nitrogens with one attached hydrogen (secondary N) is 1. The highest BCUT2D eigenvalue weighted by Crippen LogP contribution is 2.26. The van der Waals surface area contributed by atoms with Crippen molar-refractivity contribution in [3.63, 3.8) is 0 Å². The summed E-state index contributed by atoms with van der Waals surface area (Å²) in [5, 5.41) is 5.46. The van der Waals surface area contributed by atoms with Crippen molar-refractivity contribution < 1.29 is 14.1 Å². The van der Waals surface area contributed by atoms with Crippen molar-refractivity contribution in [3.05, 3.63) is 75.7 Å². The van der Waals surface area contributed by atoms with Crippen LogP contribution in [0, 0.1) is 0 Å². The number of anilines is 1. The van der Waals surface area contributed by atoms with Crippen LogP contribution >= 0.6 is 22.9 Å². The van der Waals surface area contributed by atoms with Gasteiger partial charge in [-0.1, -0.05) is 113 Å². The Morgan fingerprint density at radius 1 is 0.892 bits per heavy atom. The maximum atomic E-state index is 12.7. The first-order valence-corrected chi connectivity index (χ1v) is 15.2. The number of aromatic nitrogens is 1. The van der Waals surface area contributed by atoms with Crippen molar-refractivity contribution in [2.45, 2.75) is 90.5 Å². The van der Waals surface area contributed by atoms with Gasteiger partial charge >= 0.3 is 0 Å². The number of unbranched alkanes of at least 4 members (excludes halogenated alkanes) is 11. The Kier molecular flexibility index (Phi) is 13.6. The lowest BCUT2D eigenvalue weighted by atomic mass is 10.1. The van der Waals surface area contributed by atoms with Crippen molar-refractivity contribution in [2.75, 3.05) is 11.9 Å². The van der Waals surface area contributed by atoms with Gasteiger partial charge in [-0.25, -0.2) is 0 Å². The molecule has 1 aromatic heterocycles. The molecular weight excluding hydrogens is 500 g/mol. The molecule has 200 valence electrons. The second kappa shape index (κ2) is 17.2. The minimum Gasteiger partial charge on any atom is -0.492 e. The Morgan fingerprint density at radius 2 is 1.54 bits per heavy atom. The minimum atomic E-state index is -0.186. The lowest BCUT2D eigenvalue weighted by molar-refractivity contribution is -0.683. The first kappa shape index (κ1) is 29.2. The van der Waals surface area contributed by atoms with Gasteiger partial charge in [-0.2, -0.15) is 4.57 Å². The molecule has 37 heavy (non-hydrogen) atoms. The zero-order valence-corrected chi connectivity index (χ0v) is 23.8. The van der Waals surface area contributed by atoms with E-state index >= 15 is 0 Å². The highest BCUT2D eigenvalue weighted by molar-refractivity contribution is 7.07. The van der Waals surface area contributed by atoms with Crippen LogP contribution in [0.1, 0.15) is 99.9 Å². The molecule has 0 saturated carbocycles. The van der Waals surface area contributed by atoms with Crippen LogP contribution in [0.25, 0.3) is 0 Å². The van der Waals surface area contributed by atoms with Crippen molar-refractivity contribution in [2.24, 2.45) is 0 Å². The molecule has 1 heterocycles. The van der Waals surface area contributed by atoms with E-state index in [1.165, 1.54) is 76.2 Å². The Labute approximate surface area is 232 Å². The number of carbonyl (C=O) groups is 1. The van der Waals surface area contributed by atoms with Crippen molar-refractivity contribution in [1.29, 1.82) is 0 Å². The van der Waals surface area contributed by atoms with Crippen LogP contribution in [0.15, 0.2) is 59.6 Å². The van der Waals surface area contributed by atoms with Gasteiger partial charge in [0.05, 0.1) is 17.0 Å². The molecule has 0 fully saturated rings. The largest absolute Gasteiger partial charge is 0.492 e. The van der Waals surface area contributed by atoms with Crippen molar-refractivity contribution in [1.82, 2.24) is 0 Å². The molecule has 3 aromatic rings. The van der Waals surface area contributed by atoms with Gasteiger partial charge in [-0.05, 0) is 36.8 Å². The Morgan fingerprint density at radius 3 is 2.14 bits per heavy atom. The van der Waals surface area contributed by atoms with Crippen molar-refractivity contribution in [3.8, 4) is 5.75 Å². The van der Waals surface area contributed by atoms with Crippen molar-refractivity contribution >= 4 is 34.5 Å². The predicted octanol–water partition coefficient (Wildman–Crippen LogP) is 9.07. The maximum absolute atomic E-state index is 12.7. The third kappa shape index (κ3) is 11.3. The summed E-state index contributed by atoms with van der Waals surface area (Å²) in [5.41, 5.74) is 4.53. The first-order valence-electron chi connectivity index (χ1n) is 13.9. The van der Waals surface area contributed by atoms with Crippen LogP contribution in [0.4, 0.5) is 5.69 Å². The van der Waals surface area contributed by atoms with E-state index in [1.807, 2.05) is 24.3 Å². The fourth-order valence-corrected chi connectivity index (χ4v) is 5.18. The molecule has 1 N–H and O–H groups in total. The second-order valence-electron chi connectivity index (χ2n) is 9.73. The smallest absolute Gasteiger partial charge is 0.255 e. The Balaban J connectivity index is 1.29.